The molecule has 5 heterocycles. The molecule has 5 fully saturated rings. The molecule has 0 spiro atoms. The molecule has 0 amide bonds. The van der Waals surface area contributed by atoms with E-state index in [1.165, 1.54) is 97.1 Å². The van der Waals surface area contributed by atoms with Gasteiger partial charge in [-0.1, -0.05) is 6.42 Å². The van der Waals surface area contributed by atoms with Gasteiger partial charge in [0.1, 0.15) is 0 Å². The Morgan fingerprint density at radius 2 is 0.975 bits per heavy atom. The van der Waals surface area contributed by atoms with Gasteiger partial charge in [0, 0.05) is 81.1 Å². The highest BCUT2D eigenvalue weighted by Crippen LogP contribution is 2.42. The lowest BCUT2D eigenvalue weighted by molar-refractivity contribution is -0.102. The Morgan fingerprint density at radius 1 is 0.500 bits per heavy atom. The maximum absolute atomic E-state index is 5.80. The standard InChI is InChI=1S/C33H63N5O2/c1-31(2,36-17-9-30(10-18-36)35-21-25-39-26-22-35)13-14-33(5,32(3,4)37-23-27-40-28-24-37)38-19-11-29(12-20-38)34-15-7-6-8-16-34/h29-30H,6-28H2,1-5H3. The number of ether oxygens (including phenoxy) is 2. The van der Waals surface area contributed by atoms with E-state index in [-0.39, 0.29) is 16.6 Å². The first kappa shape index (κ1) is 31.2. The van der Waals surface area contributed by atoms with Crippen molar-refractivity contribution in [1.82, 2.24) is 24.5 Å². The summed E-state index contributed by atoms with van der Waals surface area (Å²) in [5.41, 5.74) is 0.471. The van der Waals surface area contributed by atoms with Crippen LogP contribution in [0.2, 0.25) is 0 Å². The van der Waals surface area contributed by atoms with Crippen LogP contribution < -0.4 is 0 Å². The van der Waals surface area contributed by atoms with E-state index in [2.05, 4.69) is 59.1 Å². The van der Waals surface area contributed by atoms with Crippen LogP contribution in [-0.4, -0.2) is 145 Å². The highest BCUT2D eigenvalue weighted by atomic mass is 16.5. The topological polar surface area (TPSA) is 34.7 Å². The molecule has 0 radical (unpaired) electrons. The van der Waals surface area contributed by atoms with Crippen LogP contribution in [0.25, 0.3) is 0 Å². The second-order valence-corrected chi connectivity index (χ2v) is 14.9. The van der Waals surface area contributed by atoms with Gasteiger partial charge >= 0.3 is 0 Å². The Labute approximate surface area is 246 Å². The molecule has 0 aromatic rings. The van der Waals surface area contributed by atoms with Gasteiger partial charge in [0.2, 0.25) is 0 Å². The molecule has 5 saturated heterocycles. The number of nitrogens with zero attached hydrogens (tertiary/aromatic N) is 5. The molecule has 7 heteroatoms. The molecule has 1 atom stereocenters. The highest BCUT2D eigenvalue weighted by molar-refractivity contribution is 5.08. The van der Waals surface area contributed by atoms with Gasteiger partial charge in [-0.05, 0) is 99.1 Å². The third kappa shape index (κ3) is 6.92. The Bertz CT molecular complexity index is 759. The summed E-state index contributed by atoms with van der Waals surface area (Å²) in [5, 5.41) is 0. The predicted molar refractivity (Wildman–Crippen MR) is 165 cm³/mol. The maximum Gasteiger partial charge on any atom is 0.0594 e. The molecule has 5 rings (SSSR count). The summed E-state index contributed by atoms with van der Waals surface area (Å²) >= 11 is 0. The first-order chi connectivity index (χ1) is 19.2. The predicted octanol–water partition coefficient (Wildman–Crippen LogP) is 4.16. The van der Waals surface area contributed by atoms with E-state index >= 15 is 0 Å². The third-order valence-corrected chi connectivity index (χ3v) is 12.3. The van der Waals surface area contributed by atoms with Gasteiger partial charge in [-0.25, -0.2) is 0 Å². The van der Waals surface area contributed by atoms with Crippen molar-refractivity contribution in [2.45, 2.75) is 121 Å². The van der Waals surface area contributed by atoms with Gasteiger partial charge in [-0.3, -0.25) is 19.6 Å². The fourth-order valence-electron chi connectivity index (χ4n) is 8.81. The number of hydrogen-bond acceptors (Lipinski definition) is 7. The molecule has 40 heavy (non-hydrogen) atoms. The van der Waals surface area contributed by atoms with E-state index < -0.39 is 0 Å². The van der Waals surface area contributed by atoms with Crippen molar-refractivity contribution in [1.29, 1.82) is 0 Å². The summed E-state index contributed by atoms with van der Waals surface area (Å²) < 4.78 is 11.4. The average molecular weight is 562 g/mol. The van der Waals surface area contributed by atoms with Gasteiger partial charge in [-0.2, -0.15) is 0 Å². The molecule has 0 saturated carbocycles. The summed E-state index contributed by atoms with van der Waals surface area (Å²) in [4.78, 5) is 14.0. The van der Waals surface area contributed by atoms with E-state index in [0.717, 1.165) is 64.7 Å². The van der Waals surface area contributed by atoms with E-state index in [1.54, 1.807) is 0 Å². The Balaban J connectivity index is 1.24. The number of rotatable bonds is 9. The van der Waals surface area contributed by atoms with Gasteiger partial charge < -0.3 is 14.4 Å². The minimum atomic E-state index is 0.105. The molecule has 0 N–H and O–H groups in total. The van der Waals surface area contributed by atoms with Crippen LogP contribution in [0.5, 0.6) is 0 Å². The summed E-state index contributed by atoms with van der Waals surface area (Å²) in [5.74, 6) is 0. The Morgan fingerprint density at radius 3 is 1.52 bits per heavy atom. The lowest BCUT2D eigenvalue weighted by Crippen LogP contribution is -2.70. The molecule has 5 aliphatic rings. The van der Waals surface area contributed by atoms with Crippen molar-refractivity contribution in [2.75, 3.05) is 91.9 Å². The zero-order chi connectivity index (χ0) is 28.2. The number of likely N-dealkylation sites (tertiary alicyclic amines) is 3. The van der Waals surface area contributed by atoms with Gasteiger partial charge in [0.05, 0.1) is 26.4 Å². The summed E-state index contributed by atoms with van der Waals surface area (Å²) in [6, 6.07) is 1.55. The van der Waals surface area contributed by atoms with Crippen molar-refractivity contribution in [3.05, 3.63) is 0 Å². The molecule has 1 unspecified atom stereocenters. The van der Waals surface area contributed by atoms with E-state index in [0.29, 0.717) is 0 Å². The molecule has 7 nitrogen and oxygen atoms in total. The Hall–Kier alpha value is -0.280. The Kier molecular flexibility index (Phi) is 10.6. The van der Waals surface area contributed by atoms with Crippen molar-refractivity contribution >= 4 is 0 Å². The third-order valence-electron chi connectivity index (χ3n) is 12.3. The maximum atomic E-state index is 5.80. The smallest absolute Gasteiger partial charge is 0.0594 e. The van der Waals surface area contributed by atoms with Crippen molar-refractivity contribution in [3.63, 3.8) is 0 Å². The number of hydrogen-bond donors (Lipinski definition) is 0. The fraction of sp³-hybridized carbons (Fsp3) is 1.00. The van der Waals surface area contributed by atoms with E-state index in [9.17, 15) is 0 Å². The monoisotopic (exact) mass is 561 g/mol. The first-order valence-corrected chi connectivity index (χ1v) is 17.1. The summed E-state index contributed by atoms with van der Waals surface area (Å²) in [6.45, 7) is 28.4. The number of piperidine rings is 3. The molecule has 0 aromatic carbocycles. The lowest BCUT2D eigenvalue weighted by atomic mass is 9.71. The second-order valence-electron chi connectivity index (χ2n) is 14.9. The van der Waals surface area contributed by atoms with Crippen LogP contribution in [0.4, 0.5) is 0 Å². The highest BCUT2D eigenvalue weighted by Gasteiger charge is 2.50. The van der Waals surface area contributed by atoms with Crippen LogP contribution in [0, 0.1) is 0 Å². The molecule has 232 valence electrons. The first-order valence-electron chi connectivity index (χ1n) is 17.1. The minimum absolute atomic E-state index is 0.105. The summed E-state index contributed by atoms with van der Waals surface area (Å²) in [6.07, 6.45) is 12.0. The molecular weight excluding hydrogens is 498 g/mol. The largest absolute Gasteiger partial charge is 0.379 e. The van der Waals surface area contributed by atoms with Crippen molar-refractivity contribution < 1.29 is 9.47 Å². The summed E-state index contributed by atoms with van der Waals surface area (Å²) in [7, 11) is 0. The van der Waals surface area contributed by atoms with E-state index in [1.807, 2.05) is 0 Å². The minimum Gasteiger partial charge on any atom is -0.379 e. The SMILES string of the molecule is CC(C)(CCC(C)(N1CCC(N2CCCCC2)CC1)C(C)(C)N1CCOCC1)N1CCC(N2CCOCC2)CC1. The quantitative estimate of drug-likeness (QED) is 0.418. The molecule has 0 aliphatic carbocycles. The second kappa shape index (κ2) is 13.6. The zero-order valence-corrected chi connectivity index (χ0v) is 27.0. The van der Waals surface area contributed by atoms with Crippen molar-refractivity contribution in [2.24, 2.45) is 0 Å². The zero-order valence-electron chi connectivity index (χ0n) is 27.0. The number of morpholine rings is 2. The molecular formula is C33H63N5O2. The van der Waals surface area contributed by atoms with Gasteiger partial charge in [0.25, 0.3) is 0 Å². The van der Waals surface area contributed by atoms with Crippen LogP contribution in [0.1, 0.15) is 92.4 Å². The van der Waals surface area contributed by atoms with Gasteiger partial charge in [-0.15, -0.1) is 0 Å². The van der Waals surface area contributed by atoms with Crippen molar-refractivity contribution in [3.8, 4) is 0 Å². The molecule has 0 aromatic heterocycles. The fourth-order valence-corrected chi connectivity index (χ4v) is 8.81. The van der Waals surface area contributed by atoms with Gasteiger partial charge in [0.15, 0.2) is 0 Å². The normalized spacial score (nSPS) is 29.0. The lowest BCUT2D eigenvalue weighted by Gasteiger charge is -2.59. The van der Waals surface area contributed by atoms with Crippen LogP contribution in [-0.2, 0) is 9.47 Å². The van der Waals surface area contributed by atoms with Crippen LogP contribution in [0.3, 0.4) is 0 Å². The average Bonchev–Trinajstić information content (AvgIpc) is 3.01. The van der Waals surface area contributed by atoms with Crippen LogP contribution >= 0.6 is 0 Å². The molecule has 5 aliphatic heterocycles. The van der Waals surface area contributed by atoms with Crippen LogP contribution in [0.15, 0.2) is 0 Å². The molecule has 0 bridgehead atoms. The van der Waals surface area contributed by atoms with E-state index in [4.69, 9.17) is 9.47 Å².